The van der Waals surface area contributed by atoms with Crippen molar-refractivity contribution < 1.29 is 13.9 Å². The topological polar surface area (TPSA) is 69.6 Å². The van der Waals surface area contributed by atoms with E-state index in [2.05, 4.69) is 12.1 Å². The number of aromatic nitrogens is 3. The van der Waals surface area contributed by atoms with Gasteiger partial charge in [0, 0.05) is 25.1 Å². The predicted molar refractivity (Wildman–Crippen MR) is 125 cm³/mol. The van der Waals surface area contributed by atoms with Crippen molar-refractivity contribution in [2.24, 2.45) is 0 Å². The Morgan fingerprint density at radius 2 is 1.73 bits per heavy atom. The maximum atomic E-state index is 12.0. The second-order valence-corrected chi connectivity index (χ2v) is 7.93. The first kappa shape index (κ1) is 20.7. The monoisotopic (exact) mass is 437 g/mol. The summed E-state index contributed by atoms with van der Waals surface area (Å²) in [6.07, 6.45) is 4.10. The molecule has 0 bridgehead atoms. The average molecular weight is 437 g/mol. The smallest absolute Gasteiger partial charge is 0.309 e. The predicted octanol–water partition coefficient (Wildman–Crippen LogP) is 5.66. The lowest BCUT2D eigenvalue weighted by molar-refractivity contribution is -0.132. The summed E-state index contributed by atoms with van der Waals surface area (Å²) < 4.78 is 13.2. The van der Waals surface area contributed by atoms with Crippen molar-refractivity contribution in [2.75, 3.05) is 0 Å². The van der Waals surface area contributed by atoms with Gasteiger partial charge in [0.15, 0.2) is 5.65 Å². The van der Waals surface area contributed by atoms with E-state index in [4.69, 9.17) is 19.1 Å². The molecule has 33 heavy (non-hydrogen) atoms. The number of carbonyl (C=O) groups is 1. The molecule has 0 spiro atoms. The second kappa shape index (κ2) is 8.74. The van der Waals surface area contributed by atoms with E-state index in [0.29, 0.717) is 23.6 Å². The third-order valence-corrected chi connectivity index (χ3v) is 5.56. The SMILES string of the molecule is CC(=O)Oc1c(C(C)c2ccco2)nc2c(Cc3ccccc3)nc(-c3ccccc3)cn12. The lowest BCUT2D eigenvalue weighted by Crippen LogP contribution is -2.08. The zero-order valence-corrected chi connectivity index (χ0v) is 18.4. The fourth-order valence-corrected chi connectivity index (χ4v) is 3.95. The molecule has 0 aliphatic carbocycles. The molecule has 0 fully saturated rings. The van der Waals surface area contributed by atoms with E-state index in [9.17, 15) is 4.79 Å². The molecule has 2 aromatic carbocycles. The van der Waals surface area contributed by atoms with Gasteiger partial charge in [-0.05, 0) is 24.6 Å². The number of fused-ring (bicyclic) bond motifs is 1. The first-order chi connectivity index (χ1) is 16.1. The van der Waals surface area contributed by atoms with Crippen LogP contribution in [-0.4, -0.2) is 20.3 Å². The van der Waals surface area contributed by atoms with Crippen LogP contribution in [0.2, 0.25) is 0 Å². The standard InChI is InChI=1S/C27H23N3O3/c1-18(24-14-9-15-32-24)25-27(33-19(2)31)30-17-23(21-12-7-4-8-13-21)28-22(26(30)29-25)16-20-10-5-3-6-11-20/h3-15,17-18H,16H2,1-2H3. The number of nitrogens with zero attached hydrogens (tertiary/aromatic N) is 3. The molecule has 0 aliphatic heterocycles. The highest BCUT2D eigenvalue weighted by Gasteiger charge is 2.26. The number of hydrogen-bond donors (Lipinski definition) is 0. The Morgan fingerprint density at radius 3 is 2.39 bits per heavy atom. The zero-order valence-electron chi connectivity index (χ0n) is 18.4. The number of carbonyl (C=O) groups excluding carboxylic acids is 1. The molecule has 0 saturated heterocycles. The largest absolute Gasteiger partial charge is 0.469 e. The van der Waals surface area contributed by atoms with E-state index in [-0.39, 0.29) is 5.92 Å². The van der Waals surface area contributed by atoms with Gasteiger partial charge in [-0.1, -0.05) is 60.7 Å². The third kappa shape index (κ3) is 4.15. The minimum Gasteiger partial charge on any atom is -0.469 e. The zero-order chi connectivity index (χ0) is 22.8. The van der Waals surface area contributed by atoms with Gasteiger partial charge in [0.1, 0.15) is 11.5 Å². The van der Waals surface area contributed by atoms with Crippen LogP contribution in [0.1, 0.15) is 42.5 Å². The molecule has 3 aromatic heterocycles. The van der Waals surface area contributed by atoms with Gasteiger partial charge < -0.3 is 9.15 Å². The molecule has 1 atom stereocenters. The molecule has 0 aliphatic rings. The van der Waals surface area contributed by atoms with E-state index in [1.165, 1.54) is 6.92 Å². The fourth-order valence-electron chi connectivity index (χ4n) is 3.95. The van der Waals surface area contributed by atoms with Crippen LogP contribution in [0.4, 0.5) is 0 Å². The number of esters is 1. The minimum absolute atomic E-state index is 0.209. The van der Waals surface area contributed by atoms with Gasteiger partial charge in [-0.3, -0.25) is 9.20 Å². The highest BCUT2D eigenvalue weighted by Crippen LogP contribution is 2.34. The van der Waals surface area contributed by atoms with Crippen LogP contribution in [0, 0.1) is 0 Å². The third-order valence-electron chi connectivity index (χ3n) is 5.56. The van der Waals surface area contributed by atoms with Gasteiger partial charge >= 0.3 is 5.97 Å². The van der Waals surface area contributed by atoms with Crippen molar-refractivity contribution in [2.45, 2.75) is 26.2 Å². The van der Waals surface area contributed by atoms with Crippen molar-refractivity contribution in [3.8, 4) is 17.1 Å². The fraction of sp³-hybridized carbons (Fsp3) is 0.148. The molecule has 5 rings (SSSR count). The lowest BCUT2D eigenvalue weighted by Gasteiger charge is -2.10. The lowest BCUT2D eigenvalue weighted by atomic mass is 10.1. The van der Waals surface area contributed by atoms with Crippen molar-refractivity contribution in [1.29, 1.82) is 0 Å². The number of ether oxygens (including phenoxy) is 1. The minimum atomic E-state index is -0.410. The number of furan rings is 1. The van der Waals surface area contributed by atoms with E-state index in [1.54, 1.807) is 6.26 Å². The first-order valence-electron chi connectivity index (χ1n) is 10.8. The van der Waals surface area contributed by atoms with Gasteiger partial charge in [-0.15, -0.1) is 0 Å². The quantitative estimate of drug-likeness (QED) is 0.321. The summed E-state index contributed by atoms with van der Waals surface area (Å²) in [5, 5.41) is 0. The highest BCUT2D eigenvalue weighted by atomic mass is 16.5. The molecular weight excluding hydrogens is 414 g/mol. The van der Waals surface area contributed by atoms with Crippen molar-refractivity contribution in [3.63, 3.8) is 0 Å². The maximum absolute atomic E-state index is 12.0. The van der Waals surface area contributed by atoms with Gasteiger partial charge in [0.25, 0.3) is 0 Å². The Hall–Kier alpha value is -4.19. The molecule has 3 heterocycles. The molecule has 0 saturated carbocycles. The van der Waals surface area contributed by atoms with Crippen LogP contribution >= 0.6 is 0 Å². The first-order valence-corrected chi connectivity index (χ1v) is 10.8. The van der Waals surface area contributed by atoms with Crippen LogP contribution in [0.25, 0.3) is 16.9 Å². The Balaban J connectivity index is 1.75. The number of benzene rings is 2. The molecule has 0 radical (unpaired) electrons. The Bertz CT molecular complexity index is 1390. The van der Waals surface area contributed by atoms with Crippen molar-refractivity contribution in [1.82, 2.24) is 14.4 Å². The van der Waals surface area contributed by atoms with E-state index in [1.807, 2.05) is 78.2 Å². The van der Waals surface area contributed by atoms with Crippen LogP contribution < -0.4 is 4.74 Å². The Labute approximate surface area is 191 Å². The summed E-state index contributed by atoms with van der Waals surface area (Å²) >= 11 is 0. The Morgan fingerprint density at radius 1 is 1.00 bits per heavy atom. The molecule has 6 heteroatoms. The van der Waals surface area contributed by atoms with Crippen molar-refractivity contribution in [3.05, 3.63) is 108 Å². The summed E-state index contributed by atoms with van der Waals surface area (Å²) in [7, 11) is 0. The van der Waals surface area contributed by atoms with Gasteiger partial charge in [0.2, 0.25) is 5.88 Å². The van der Waals surface area contributed by atoms with Crippen molar-refractivity contribution >= 4 is 11.6 Å². The summed E-state index contributed by atoms with van der Waals surface area (Å²) in [6, 6.07) is 23.8. The number of imidazole rings is 1. The molecule has 0 amide bonds. The van der Waals surface area contributed by atoms with E-state index in [0.717, 1.165) is 28.3 Å². The molecule has 0 N–H and O–H groups in total. The van der Waals surface area contributed by atoms with Gasteiger partial charge in [-0.2, -0.15) is 0 Å². The summed E-state index contributed by atoms with van der Waals surface area (Å²) in [5.41, 5.74) is 4.95. The number of hydrogen-bond acceptors (Lipinski definition) is 5. The highest BCUT2D eigenvalue weighted by molar-refractivity contribution is 5.71. The van der Waals surface area contributed by atoms with Crippen LogP contribution in [0.5, 0.6) is 5.88 Å². The molecule has 164 valence electrons. The maximum Gasteiger partial charge on any atom is 0.309 e. The molecule has 1 unspecified atom stereocenters. The average Bonchev–Trinajstić information content (AvgIpc) is 3.49. The van der Waals surface area contributed by atoms with E-state index >= 15 is 0 Å². The Kier molecular flexibility index (Phi) is 5.48. The van der Waals surface area contributed by atoms with Crippen LogP contribution in [-0.2, 0) is 11.2 Å². The normalized spacial score (nSPS) is 12.1. The second-order valence-electron chi connectivity index (χ2n) is 7.93. The van der Waals surface area contributed by atoms with Gasteiger partial charge in [0.05, 0.1) is 23.6 Å². The number of rotatable bonds is 6. The molecule has 6 nitrogen and oxygen atoms in total. The van der Waals surface area contributed by atoms with Gasteiger partial charge in [-0.25, -0.2) is 9.97 Å². The summed E-state index contributed by atoms with van der Waals surface area (Å²) in [6.45, 7) is 3.38. The van der Waals surface area contributed by atoms with E-state index < -0.39 is 5.97 Å². The molecule has 5 aromatic rings. The van der Waals surface area contributed by atoms with Crippen LogP contribution in [0.3, 0.4) is 0 Å². The molecular formula is C27H23N3O3. The van der Waals surface area contributed by atoms with Crippen LogP contribution in [0.15, 0.2) is 89.7 Å². The summed E-state index contributed by atoms with van der Waals surface area (Å²) in [5.74, 6) is 0.509. The summed E-state index contributed by atoms with van der Waals surface area (Å²) in [4.78, 5) is 21.9.